The number of anilines is 2. The summed E-state index contributed by atoms with van der Waals surface area (Å²) in [6.07, 6.45) is 0. The lowest BCUT2D eigenvalue weighted by molar-refractivity contribution is 0.614. The van der Waals surface area contributed by atoms with Crippen molar-refractivity contribution in [1.82, 2.24) is 0 Å². The summed E-state index contributed by atoms with van der Waals surface area (Å²) in [5.41, 5.74) is 15.1. The van der Waals surface area contributed by atoms with Gasteiger partial charge < -0.3 is 11.5 Å². The van der Waals surface area contributed by atoms with E-state index in [1.807, 2.05) is 48.5 Å². The molecule has 23 heavy (non-hydrogen) atoms. The van der Waals surface area contributed by atoms with Crippen LogP contribution >= 0.6 is 0 Å². The van der Waals surface area contributed by atoms with Gasteiger partial charge in [-0.25, -0.2) is 8.42 Å². The molecular weight excluding hydrogens is 308 g/mol. The Bertz CT molecular complexity index is 760. The molecule has 0 aromatic heterocycles. The second-order valence-electron chi connectivity index (χ2n) is 4.84. The highest BCUT2D eigenvalue weighted by molar-refractivity contribution is 7.72. The molecule has 0 spiro atoms. The van der Waals surface area contributed by atoms with Crippen LogP contribution in [0, 0.1) is 0 Å². The van der Waals surface area contributed by atoms with Crippen molar-refractivity contribution >= 4 is 22.1 Å². The van der Waals surface area contributed by atoms with E-state index in [9.17, 15) is 8.42 Å². The van der Waals surface area contributed by atoms with Crippen molar-refractivity contribution in [3.05, 3.63) is 78.9 Å². The lowest BCUT2D eigenvalue weighted by Gasteiger charge is -2.02. The molecule has 0 bridgehead atoms. The Labute approximate surface area is 137 Å². The van der Waals surface area contributed by atoms with E-state index in [1.54, 1.807) is 30.3 Å². The zero-order valence-corrected chi connectivity index (χ0v) is 13.3. The normalized spacial score (nSPS) is 9.96. The maximum Gasteiger partial charge on any atom is 0.168 e. The molecule has 118 valence electrons. The molecule has 3 rings (SSSR count). The fourth-order valence-electron chi connectivity index (χ4n) is 1.90. The van der Waals surface area contributed by atoms with Crippen LogP contribution in [0.2, 0.25) is 0 Å². The van der Waals surface area contributed by atoms with Gasteiger partial charge in [-0.15, -0.1) is 0 Å². The first-order valence-corrected chi connectivity index (χ1v) is 8.15. The lowest BCUT2D eigenvalue weighted by atomic mass is 10.1. The summed E-state index contributed by atoms with van der Waals surface area (Å²) in [6, 6.07) is 23.9. The third-order valence-corrected chi connectivity index (χ3v) is 3.84. The van der Waals surface area contributed by atoms with E-state index in [4.69, 9.17) is 11.5 Å². The Morgan fingerprint density at radius 3 is 1.26 bits per heavy atom. The first-order valence-electron chi connectivity index (χ1n) is 6.97. The van der Waals surface area contributed by atoms with E-state index < -0.39 is 10.7 Å². The number of rotatable bonds is 2. The smallest absolute Gasteiger partial charge is 0.168 e. The van der Waals surface area contributed by atoms with Gasteiger partial charge in [0.15, 0.2) is 10.7 Å². The van der Waals surface area contributed by atoms with Crippen LogP contribution in [0.3, 0.4) is 0 Å². The number of nitrogen functional groups attached to an aromatic ring is 2. The monoisotopic (exact) mass is 326 g/mol. The lowest BCUT2D eigenvalue weighted by Crippen LogP contribution is -1.85. The van der Waals surface area contributed by atoms with Crippen LogP contribution in [0.25, 0.3) is 11.1 Å². The van der Waals surface area contributed by atoms with Crippen LogP contribution in [0.1, 0.15) is 0 Å². The van der Waals surface area contributed by atoms with Crippen molar-refractivity contribution in [2.45, 2.75) is 4.90 Å². The minimum atomic E-state index is -2.40. The Morgan fingerprint density at radius 1 is 0.565 bits per heavy atom. The van der Waals surface area contributed by atoms with E-state index in [2.05, 4.69) is 0 Å². The van der Waals surface area contributed by atoms with Gasteiger partial charge >= 0.3 is 0 Å². The van der Waals surface area contributed by atoms with E-state index >= 15 is 0 Å². The summed E-state index contributed by atoms with van der Waals surface area (Å²) in [5, 5.41) is 0. The quantitative estimate of drug-likeness (QED) is 0.499. The molecule has 0 fully saturated rings. The highest BCUT2D eigenvalue weighted by Crippen LogP contribution is 2.21. The van der Waals surface area contributed by atoms with Crippen molar-refractivity contribution in [3.63, 3.8) is 0 Å². The first-order chi connectivity index (χ1) is 11.1. The summed E-state index contributed by atoms with van der Waals surface area (Å²) in [4.78, 5) is 0.368. The Kier molecular flexibility index (Phi) is 5.77. The SMILES string of the molecule is Nc1ccc(-c2ccc(N)cc2)cc1.O=[SH](=O)c1ccccc1. The third kappa shape index (κ3) is 5.16. The highest BCUT2D eigenvalue weighted by atomic mass is 32.2. The molecule has 0 aliphatic carbocycles. The van der Waals surface area contributed by atoms with Gasteiger partial charge in [0.05, 0.1) is 4.90 Å². The fraction of sp³-hybridized carbons (Fsp3) is 0. The first kappa shape index (κ1) is 16.6. The minimum absolute atomic E-state index is 0.368. The molecule has 4 N–H and O–H groups in total. The number of nitrogens with two attached hydrogens (primary N) is 2. The Balaban J connectivity index is 0.000000185. The number of hydrogen-bond donors (Lipinski definition) is 3. The van der Waals surface area contributed by atoms with E-state index in [0.717, 1.165) is 22.5 Å². The van der Waals surface area contributed by atoms with Crippen LogP contribution < -0.4 is 11.5 Å². The van der Waals surface area contributed by atoms with Crippen molar-refractivity contribution in [2.75, 3.05) is 11.5 Å². The standard InChI is InChI=1S/C12H12N2.C6H6O2S/c13-11-5-1-9(2-6-11)10-3-7-12(14)8-4-10;7-9(8)6-4-2-1-3-5-6/h1-8H,13-14H2;1-5,9H. The second kappa shape index (κ2) is 8.00. The number of hydrogen-bond acceptors (Lipinski definition) is 4. The molecule has 3 aromatic carbocycles. The molecule has 0 atom stereocenters. The average molecular weight is 326 g/mol. The van der Waals surface area contributed by atoms with Gasteiger partial charge in [-0.1, -0.05) is 42.5 Å². The molecule has 0 aliphatic rings. The molecule has 5 heteroatoms. The van der Waals surface area contributed by atoms with Crippen LogP contribution in [-0.4, -0.2) is 8.42 Å². The van der Waals surface area contributed by atoms with Gasteiger partial charge in [0.1, 0.15) is 0 Å². The molecule has 4 nitrogen and oxygen atoms in total. The van der Waals surface area contributed by atoms with Crippen LogP contribution in [-0.2, 0) is 10.7 Å². The largest absolute Gasteiger partial charge is 0.399 e. The predicted molar refractivity (Wildman–Crippen MR) is 95.7 cm³/mol. The number of thiol groups is 1. The second-order valence-corrected chi connectivity index (χ2v) is 5.87. The summed E-state index contributed by atoms with van der Waals surface area (Å²) < 4.78 is 20.5. The van der Waals surface area contributed by atoms with Gasteiger partial charge in [0.25, 0.3) is 0 Å². The predicted octanol–water partition coefficient (Wildman–Crippen LogP) is 3.17. The van der Waals surface area contributed by atoms with Crippen LogP contribution in [0.5, 0.6) is 0 Å². The molecule has 0 radical (unpaired) electrons. The van der Waals surface area contributed by atoms with Gasteiger partial charge in [-0.2, -0.15) is 0 Å². The van der Waals surface area contributed by atoms with E-state index in [-0.39, 0.29) is 0 Å². The molecule has 0 aliphatic heterocycles. The van der Waals surface area contributed by atoms with Gasteiger partial charge in [0, 0.05) is 11.4 Å². The molecule has 0 saturated heterocycles. The summed E-state index contributed by atoms with van der Waals surface area (Å²) >= 11 is 0. The van der Waals surface area contributed by atoms with Crippen LogP contribution in [0.15, 0.2) is 83.8 Å². The van der Waals surface area contributed by atoms with Gasteiger partial charge in [-0.05, 0) is 47.5 Å². The topological polar surface area (TPSA) is 86.2 Å². The molecule has 0 unspecified atom stereocenters. The Hall–Kier alpha value is -2.79. The molecule has 0 heterocycles. The number of benzene rings is 3. The maximum atomic E-state index is 10.2. The van der Waals surface area contributed by atoms with E-state index in [0.29, 0.717) is 4.90 Å². The fourth-order valence-corrected chi connectivity index (χ4v) is 2.32. The van der Waals surface area contributed by atoms with Crippen molar-refractivity contribution < 1.29 is 8.42 Å². The molecule has 3 aromatic rings. The highest BCUT2D eigenvalue weighted by Gasteiger charge is 1.95. The van der Waals surface area contributed by atoms with E-state index in [1.165, 1.54) is 0 Å². The summed E-state index contributed by atoms with van der Waals surface area (Å²) in [6.45, 7) is 0. The van der Waals surface area contributed by atoms with Gasteiger partial charge in [0.2, 0.25) is 0 Å². The van der Waals surface area contributed by atoms with Crippen molar-refractivity contribution in [3.8, 4) is 11.1 Å². The third-order valence-electron chi connectivity index (χ3n) is 3.12. The Morgan fingerprint density at radius 2 is 0.957 bits per heavy atom. The summed E-state index contributed by atoms with van der Waals surface area (Å²) in [5.74, 6) is 0. The molecule has 0 saturated carbocycles. The minimum Gasteiger partial charge on any atom is -0.399 e. The summed E-state index contributed by atoms with van der Waals surface area (Å²) in [7, 11) is -2.40. The van der Waals surface area contributed by atoms with Crippen molar-refractivity contribution in [2.24, 2.45) is 0 Å². The van der Waals surface area contributed by atoms with Gasteiger partial charge in [-0.3, -0.25) is 0 Å². The van der Waals surface area contributed by atoms with Crippen molar-refractivity contribution in [1.29, 1.82) is 0 Å². The zero-order valence-electron chi connectivity index (χ0n) is 12.4. The van der Waals surface area contributed by atoms with Crippen LogP contribution in [0.4, 0.5) is 11.4 Å². The molecular formula is C18H18N2O2S. The average Bonchev–Trinajstić information content (AvgIpc) is 2.58. The molecule has 0 amide bonds. The maximum absolute atomic E-state index is 10.2. The zero-order chi connectivity index (χ0) is 16.7.